The second-order valence-electron chi connectivity index (χ2n) is 6.18. The van der Waals surface area contributed by atoms with Crippen LogP contribution in [0.5, 0.6) is 0 Å². The second kappa shape index (κ2) is 5.38. The maximum absolute atomic E-state index is 13.4. The lowest BCUT2D eigenvalue weighted by atomic mass is 9.72. The molecule has 0 N–H and O–H groups in total. The number of thioether (sulfide) groups is 1. The van der Waals surface area contributed by atoms with Gasteiger partial charge in [0, 0.05) is 10.1 Å². The van der Waals surface area contributed by atoms with Gasteiger partial charge in [-0.25, -0.2) is 4.39 Å². The van der Waals surface area contributed by atoms with Crippen molar-refractivity contribution in [2.75, 3.05) is 4.90 Å². The second-order valence-corrected chi connectivity index (χ2v) is 8.99. The number of nitrogens with zero attached hydrogens (tertiary/aromatic N) is 1. The van der Waals surface area contributed by atoms with Gasteiger partial charge in [-0.2, -0.15) is 0 Å². The molecular weight excluding hydrogens is 368 g/mol. The number of rotatable bonds is 1. The molecule has 0 radical (unpaired) electrons. The Morgan fingerprint density at radius 1 is 1.17 bits per heavy atom. The monoisotopic (exact) mass is 381 g/mol. The first-order valence-electron chi connectivity index (χ1n) is 7.62. The van der Waals surface area contributed by atoms with E-state index in [1.807, 2.05) is 24.3 Å². The number of para-hydroxylation sites is 1. The van der Waals surface area contributed by atoms with Crippen molar-refractivity contribution in [3.8, 4) is 0 Å². The molecule has 2 aromatic carbocycles. The number of amides is 1. The van der Waals surface area contributed by atoms with Gasteiger partial charge in [-0.1, -0.05) is 54.4 Å². The van der Waals surface area contributed by atoms with Crippen LogP contribution in [-0.4, -0.2) is 15.5 Å². The van der Waals surface area contributed by atoms with Gasteiger partial charge >= 0.3 is 0 Å². The minimum atomic E-state index is -1.57. The van der Waals surface area contributed by atoms with Gasteiger partial charge in [-0.05, 0) is 36.2 Å². The van der Waals surface area contributed by atoms with E-state index in [4.69, 9.17) is 23.2 Å². The van der Waals surface area contributed by atoms with Crippen LogP contribution >= 0.6 is 35.0 Å². The highest BCUT2D eigenvalue weighted by Crippen LogP contribution is 2.63. The molecular formula is C18H14Cl2FNOS. The number of hydrogen-bond acceptors (Lipinski definition) is 2. The molecule has 2 atom stereocenters. The summed E-state index contributed by atoms with van der Waals surface area (Å²) in [6, 6.07) is 13.8. The van der Waals surface area contributed by atoms with Crippen molar-refractivity contribution >= 4 is 46.6 Å². The Bertz CT molecular complexity index is 826. The van der Waals surface area contributed by atoms with Gasteiger partial charge in [-0.3, -0.25) is 9.69 Å². The summed E-state index contributed by atoms with van der Waals surface area (Å²) in [5, 5.41) is 0.186. The van der Waals surface area contributed by atoms with Crippen molar-refractivity contribution < 1.29 is 9.18 Å². The van der Waals surface area contributed by atoms with Crippen molar-refractivity contribution in [3.05, 3.63) is 59.9 Å². The number of halogens is 3. The molecule has 0 aliphatic carbocycles. The number of fused-ring (bicyclic) bond motifs is 3. The van der Waals surface area contributed by atoms with Gasteiger partial charge in [-0.15, -0.1) is 11.8 Å². The average molecular weight is 382 g/mol. The molecule has 6 heteroatoms. The average Bonchev–Trinajstić information content (AvgIpc) is 2.68. The number of β-lactam (4-membered cyclic amide) rings is 1. The number of alkyl halides is 2. The zero-order chi connectivity index (χ0) is 17.1. The van der Waals surface area contributed by atoms with E-state index in [9.17, 15) is 9.18 Å². The van der Waals surface area contributed by atoms with Crippen LogP contribution in [0.2, 0.25) is 0 Å². The number of anilines is 1. The van der Waals surface area contributed by atoms with Gasteiger partial charge in [0.25, 0.3) is 5.91 Å². The summed E-state index contributed by atoms with van der Waals surface area (Å²) in [6.45, 7) is 2.09. The Balaban J connectivity index is 1.97. The number of carbonyl (C=O) groups excluding carboxylic acids is 1. The predicted molar refractivity (Wildman–Crippen MR) is 96.4 cm³/mol. The van der Waals surface area contributed by atoms with E-state index < -0.39 is 9.87 Å². The van der Waals surface area contributed by atoms with E-state index in [0.717, 1.165) is 16.1 Å². The summed E-state index contributed by atoms with van der Waals surface area (Å²) in [4.78, 5) is 15.5. The van der Waals surface area contributed by atoms with E-state index in [1.54, 1.807) is 28.8 Å². The van der Waals surface area contributed by atoms with Crippen LogP contribution in [0.25, 0.3) is 0 Å². The third kappa shape index (κ3) is 2.00. The molecule has 124 valence electrons. The molecule has 1 saturated heterocycles. The highest BCUT2D eigenvalue weighted by atomic mass is 35.5. The maximum atomic E-state index is 13.4. The zero-order valence-corrected chi connectivity index (χ0v) is 15.1. The number of hydrogen-bond donors (Lipinski definition) is 0. The molecule has 4 rings (SSSR count). The molecule has 1 amide bonds. The third-order valence-electron chi connectivity index (χ3n) is 4.71. The van der Waals surface area contributed by atoms with Gasteiger partial charge in [0.05, 0.1) is 5.69 Å². The number of carbonyl (C=O) groups is 1. The fourth-order valence-electron chi connectivity index (χ4n) is 3.68. The first kappa shape index (κ1) is 16.2. The summed E-state index contributed by atoms with van der Waals surface area (Å²) in [7, 11) is 0. The smallest absolute Gasteiger partial charge is 0.267 e. The Hall–Kier alpha value is -1.23. The van der Waals surface area contributed by atoms with Gasteiger partial charge in [0.1, 0.15) is 11.4 Å². The highest BCUT2D eigenvalue weighted by Gasteiger charge is 2.72. The van der Waals surface area contributed by atoms with Gasteiger partial charge in [0.15, 0.2) is 0 Å². The molecule has 1 fully saturated rings. The Morgan fingerprint density at radius 2 is 1.83 bits per heavy atom. The largest absolute Gasteiger partial charge is 0.295 e. The Kier molecular flexibility index (Phi) is 3.64. The third-order valence-corrected chi connectivity index (χ3v) is 6.83. The number of benzene rings is 2. The van der Waals surface area contributed by atoms with E-state index in [0.29, 0.717) is 6.42 Å². The molecule has 0 spiro atoms. The standard InChI is InChI=1S/C18H14Cl2FNOS/c1-11-10-17(12-6-8-13(21)9-7-12)18(19,20)16(23)22(17)14-4-2-3-5-15(14)24-11/h2-9,11H,10H2,1H3. The van der Waals surface area contributed by atoms with Gasteiger partial charge < -0.3 is 0 Å². The molecule has 0 aromatic heterocycles. The minimum Gasteiger partial charge on any atom is -0.295 e. The van der Waals surface area contributed by atoms with Gasteiger partial charge in [0.2, 0.25) is 4.33 Å². The van der Waals surface area contributed by atoms with Crippen molar-refractivity contribution in [2.45, 2.75) is 33.4 Å². The van der Waals surface area contributed by atoms with E-state index in [2.05, 4.69) is 6.92 Å². The maximum Gasteiger partial charge on any atom is 0.267 e. The molecule has 2 aliphatic heterocycles. The SMILES string of the molecule is CC1CC2(c3ccc(F)cc3)N(C(=O)C2(Cl)Cl)c2ccccc2S1. The van der Waals surface area contributed by atoms with E-state index >= 15 is 0 Å². The lowest BCUT2D eigenvalue weighted by Gasteiger charge is -2.59. The lowest BCUT2D eigenvalue weighted by molar-refractivity contribution is -0.129. The van der Waals surface area contributed by atoms with Crippen molar-refractivity contribution in [1.29, 1.82) is 0 Å². The fraction of sp³-hybridized carbons (Fsp3) is 0.278. The Labute approximate surface area is 153 Å². The summed E-state index contributed by atoms with van der Waals surface area (Å²) in [5.74, 6) is -0.671. The first-order chi connectivity index (χ1) is 11.4. The van der Waals surface area contributed by atoms with Crippen LogP contribution in [0.4, 0.5) is 10.1 Å². The normalized spacial score (nSPS) is 27.8. The summed E-state index contributed by atoms with van der Waals surface area (Å²) in [5.41, 5.74) is 0.649. The van der Waals surface area contributed by atoms with Crippen molar-refractivity contribution in [2.24, 2.45) is 0 Å². The fourth-order valence-corrected chi connectivity index (χ4v) is 5.59. The topological polar surface area (TPSA) is 20.3 Å². The Morgan fingerprint density at radius 3 is 2.54 bits per heavy atom. The van der Waals surface area contributed by atoms with E-state index in [1.165, 1.54) is 12.1 Å². The minimum absolute atomic E-state index is 0.186. The molecule has 0 saturated carbocycles. The predicted octanol–water partition coefficient (Wildman–Crippen LogP) is 5.13. The lowest BCUT2D eigenvalue weighted by Crippen LogP contribution is -2.76. The first-order valence-corrected chi connectivity index (χ1v) is 9.26. The summed E-state index contributed by atoms with van der Waals surface area (Å²) < 4.78 is 11.8. The van der Waals surface area contributed by atoms with Crippen molar-refractivity contribution in [1.82, 2.24) is 0 Å². The summed E-state index contributed by atoms with van der Waals surface area (Å²) in [6.07, 6.45) is 0.580. The molecule has 2 aliphatic rings. The molecule has 2 nitrogen and oxygen atoms in total. The van der Waals surface area contributed by atoms with Crippen molar-refractivity contribution in [3.63, 3.8) is 0 Å². The highest BCUT2D eigenvalue weighted by molar-refractivity contribution is 8.00. The van der Waals surface area contributed by atoms with E-state index in [-0.39, 0.29) is 17.0 Å². The molecule has 2 unspecified atom stereocenters. The van der Waals surface area contributed by atoms with Crippen LogP contribution in [0.15, 0.2) is 53.4 Å². The van der Waals surface area contributed by atoms with Crippen LogP contribution in [0.3, 0.4) is 0 Å². The molecule has 0 bridgehead atoms. The molecule has 24 heavy (non-hydrogen) atoms. The summed E-state index contributed by atoms with van der Waals surface area (Å²) >= 11 is 14.8. The van der Waals surface area contributed by atoms with Crippen LogP contribution < -0.4 is 4.90 Å². The van der Waals surface area contributed by atoms with Crippen LogP contribution in [-0.2, 0) is 10.3 Å². The van der Waals surface area contributed by atoms with Crippen LogP contribution in [0.1, 0.15) is 18.9 Å². The zero-order valence-electron chi connectivity index (χ0n) is 12.8. The molecule has 2 aromatic rings. The quantitative estimate of drug-likeness (QED) is 0.504. The van der Waals surface area contributed by atoms with Crippen LogP contribution in [0, 0.1) is 5.82 Å². The molecule has 2 heterocycles.